The Balaban J connectivity index is 1.47. The fourth-order valence-corrected chi connectivity index (χ4v) is 3.55. The first-order valence-electron chi connectivity index (χ1n) is 8.94. The van der Waals surface area contributed by atoms with E-state index in [4.69, 9.17) is 5.73 Å². The lowest BCUT2D eigenvalue weighted by Gasteiger charge is -2.43. The summed E-state index contributed by atoms with van der Waals surface area (Å²) in [5, 5.41) is 15.8. The molecule has 3 heterocycles. The molecule has 1 aliphatic carbocycles. The van der Waals surface area contributed by atoms with E-state index in [2.05, 4.69) is 25.6 Å². The molecular formula is C19H20FN7O. The predicted molar refractivity (Wildman–Crippen MR) is 101 cm³/mol. The SMILES string of the molecule is Cn1nc(-c2ccc(NCC3(c4ccccn4)CC(F)C3)nn2)cc1C(N)=O. The van der Waals surface area contributed by atoms with Gasteiger partial charge in [0.15, 0.2) is 0 Å². The number of aryl methyl sites for hydroxylation is 1. The van der Waals surface area contributed by atoms with Gasteiger partial charge >= 0.3 is 0 Å². The minimum absolute atomic E-state index is 0.294. The van der Waals surface area contributed by atoms with Gasteiger partial charge in [0.2, 0.25) is 0 Å². The van der Waals surface area contributed by atoms with E-state index in [0.717, 1.165) is 5.69 Å². The fraction of sp³-hybridized carbons (Fsp3) is 0.316. The quantitative estimate of drug-likeness (QED) is 0.674. The largest absolute Gasteiger partial charge is 0.368 e. The highest BCUT2D eigenvalue weighted by molar-refractivity contribution is 5.92. The Kier molecular flexibility index (Phi) is 4.50. The number of aromatic nitrogens is 5. The van der Waals surface area contributed by atoms with Gasteiger partial charge in [-0.25, -0.2) is 4.39 Å². The number of nitrogens with zero attached hydrogens (tertiary/aromatic N) is 5. The molecule has 0 bridgehead atoms. The number of halogens is 1. The summed E-state index contributed by atoms with van der Waals surface area (Å²) in [5.74, 6) is 0.0198. The number of nitrogens with one attached hydrogen (secondary N) is 1. The molecule has 9 heteroatoms. The van der Waals surface area contributed by atoms with Gasteiger partial charge in [-0.3, -0.25) is 14.5 Å². The minimum Gasteiger partial charge on any atom is -0.368 e. The zero-order valence-corrected chi connectivity index (χ0v) is 15.3. The molecule has 8 nitrogen and oxygen atoms in total. The topological polar surface area (TPSA) is 112 Å². The molecule has 3 aromatic rings. The zero-order chi connectivity index (χ0) is 19.7. The molecule has 0 aliphatic heterocycles. The first kappa shape index (κ1) is 18.0. The second-order valence-electron chi connectivity index (χ2n) is 7.06. The highest BCUT2D eigenvalue weighted by atomic mass is 19.1. The summed E-state index contributed by atoms with van der Waals surface area (Å²) in [6.45, 7) is 0.522. The number of carbonyl (C=O) groups is 1. The smallest absolute Gasteiger partial charge is 0.266 e. The second-order valence-corrected chi connectivity index (χ2v) is 7.06. The lowest BCUT2D eigenvalue weighted by Crippen LogP contribution is -2.48. The van der Waals surface area contributed by atoms with E-state index in [-0.39, 0.29) is 5.41 Å². The Morgan fingerprint density at radius 2 is 2.11 bits per heavy atom. The molecule has 4 rings (SSSR count). The van der Waals surface area contributed by atoms with Crippen LogP contribution in [0.5, 0.6) is 0 Å². The summed E-state index contributed by atoms with van der Waals surface area (Å²) in [4.78, 5) is 15.8. The molecule has 0 saturated heterocycles. The predicted octanol–water partition coefficient (Wildman–Crippen LogP) is 1.85. The number of rotatable bonds is 6. The van der Waals surface area contributed by atoms with Crippen molar-refractivity contribution < 1.29 is 9.18 Å². The highest BCUT2D eigenvalue weighted by Gasteiger charge is 2.46. The molecule has 1 fully saturated rings. The molecule has 0 aromatic carbocycles. The molecule has 3 N–H and O–H groups in total. The van der Waals surface area contributed by atoms with Crippen LogP contribution < -0.4 is 11.1 Å². The van der Waals surface area contributed by atoms with Crippen molar-refractivity contribution in [2.75, 3.05) is 11.9 Å². The monoisotopic (exact) mass is 381 g/mol. The summed E-state index contributed by atoms with van der Waals surface area (Å²) in [6.07, 6.45) is 1.80. The van der Waals surface area contributed by atoms with Crippen LogP contribution in [0.25, 0.3) is 11.4 Å². The van der Waals surface area contributed by atoms with E-state index in [9.17, 15) is 9.18 Å². The van der Waals surface area contributed by atoms with Crippen molar-refractivity contribution in [3.8, 4) is 11.4 Å². The van der Waals surface area contributed by atoms with Gasteiger partial charge in [0.1, 0.15) is 29.1 Å². The van der Waals surface area contributed by atoms with Crippen molar-refractivity contribution in [3.63, 3.8) is 0 Å². The Bertz CT molecular complexity index is 981. The summed E-state index contributed by atoms with van der Waals surface area (Å²) >= 11 is 0. The molecule has 144 valence electrons. The van der Waals surface area contributed by atoms with Crippen molar-refractivity contribution in [2.24, 2.45) is 12.8 Å². The van der Waals surface area contributed by atoms with E-state index in [1.165, 1.54) is 4.68 Å². The van der Waals surface area contributed by atoms with Crippen LogP contribution >= 0.6 is 0 Å². The van der Waals surface area contributed by atoms with Gasteiger partial charge < -0.3 is 11.1 Å². The number of pyridine rings is 1. The molecule has 1 amide bonds. The Labute approximate surface area is 161 Å². The molecule has 3 aromatic heterocycles. The van der Waals surface area contributed by atoms with E-state index in [1.807, 2.05) is 18.2 Å². The molecule has 0 atom stereocenters. The lowest BCUT2D eigenvalue weighted by molar-refractivity contribution is 0.0988. The fourth-order valence-electron chi connectivity index (χ4n) is 3.55. The van der Waals surface area contributed by atoms with Gasteiger partial charge in [-0.15, -0.1) is 10.2 Å². The van der Waals surface area contributed by atoms with Crippen LogP contribution in [-0.4, -0.2) is 43.6 Å². The van der Waals surface area contributed by atoms with Crippen molar-refractivity contribution in [2.45, 2.75) is 24.4 Å². The number of alkyl halides is 1. The summed E-state index contributed by atoms with van der Waals surface area (Å²) in [5.41, 5.74) is 7.19. The second kappa shape index (κ2) is 6.99. The normalized spacial score (nSPS) is 21.1. The third-order valence-corrected chi connectivity index (χ3v) is 5.10. The van der Waals surface area contributed by atoms with Gasteiger partial charge in [0, 0.05) is 30.9 Å². The number of primary amides is 1. The summed E-state index contributed by atoms with van der Waals surface area (Å²) < 4.78 is 15.0. The number of carbonyl (C=O) groups excluding carboxylic acids is 1. The molecule has 28 heavy (non-hydrogen) atoms. The maximum atomic E-state index is 13.6. The Morgan fingerprint density at radius 3 is 2.68 bits per heavy atom. The highest BCUT2D eigenvalue weighted by Crippen LogP contribution is 2.44. The maximum absolute atomic E-state index is 13.6. The van der Waals surface area contributed by atoms with Gasteiger partial charge in [0.05, 0.1) is 0 Å². The third-order valence-electron chi connectivity index (χ3n) is 5.10. The number of nitrogens with two attached hydrogens (primary N) is 1. The van der Waals surface area contributed by atoms with Crippen molar-refractivity contribution in [1.82, 2.24) is 25.0 Å². The summed E-state index contributed by atoms with van der Waals surface area (Å²) in [6, 6.07) is 10.8. The number of hydrogen-bond acceptors (Lipinski definition) is 6. The van der Waals surface area contributed by atoms with Gasteiger partial charge in [-0.1, -0.05) is 6.07 Å². The van der Waals surface area contributed by atoms with Crippen molar-refractivity contribution in [1.29, 1.82) is 0 Å². The van der Waals surface area contributed by atoms with E-state index in [0.29, 0.717) is 42.3 Å². The average Bonchev–Trinajstić information content (AvgIpc) is 3.07. The molecule has 1 saturated carbocycles. The Morgan fingerprint density at radius 1 is 1.29 bits per heavy atom. The standard InChI is InChI=1S/C19H20FN7O/c1-27-15(18(21)28)8-14(26-27)13-5-6-17(25-24-13)23-11-19(9-12(20)10-19)16-4-2-3-7-22-16/h2-8,12H,9-11H2,1H3,(H2,21,28)(H,23,25). The molecule has 0 unspecified atom stereocenters. The maximum Gasteiger partial charge on any atom is 0.266 e. The third kappa shape index (κ3) is 3.30. The van der Waals surface area contributed by atoms with Crippen molar-refractivity contribution >= 4 is 11.7 Å². The molecular weight excluding hydrogens is 361 g/mol. The van der Waals surface area contributed by atoms with Gasteiger partial charge in [0.25, 0.3) is 5.91 Å². The molecule has 0 spiro atoms. The average molecular weight is 381 g/mol. The summed E-state index contributed by atoms with van der Waals surface area (Å²) in [7, 11) is 1.64. The van der Waals surface area contributed by atoms with E-state index in [1.54, 1.807) is 31.4 Å². The van der Waals surface area contributed by atoms with E-state index < -0.39 is 12.1 Å². The van der Waals surface area contributed by atoms with E-state index >= 15 is 0 Å². The van der Waals surface area contributed by atoms with Crippen LogP contribution in [0.2, 0.25) is 0 Å². The number of hydrogen-bond donors (Lipinski definition) is 2. The first-order valence-corrected chi connectivity index (χ1v) is 8.94. The van der Waals surface area contributed by atoms with Crippen LogP contribution in [0.4, 0.5) is 10.2 Å². The van der Waals surface area contributed by atoms with Crippen LogP contribution in [0.1, 0.15) is 29.0 Å². The zero-order valence-electron chi connectivity index (χ0n) is 15.3. The van der Waals surface area contributed by atoms with Gasteiger partial charge in [-0.05, 0) is 43.2 Å². The molecule has 1 aliphatic rings. The van der Waals surface area contributed by atoms with Crippen LogP contribution in [0.3, 0.4) is 0 Å². The van der Waals surface area contributed by atoms with Crippen molar-refractivity contribution in [3.05, 3.63) is 54.0 Å². The minimum atomic E-state index is -0.805. The van der Waals surface area contributed by atoms with Crippen LogP contribution in [-0.2, 0) is 12.5 Å². The van der Waals surface area contributed by atoms with Crippen LogP contribution in [0.15, 0.2) is 42.6 Å². The van der Waals surface area contributed by atoms with Crippen LogP contribution in [0, 0.1) is 0 Å². The number of amides is 1. The lowest BCUT2D eigenvalue weighted by atomic mass is 9.65. The Hall–Kier alpha value is -3.36. The van der Waals surface area contributed by atoms with Gasteiger partial charge in [-0.2, -0.15) is 5.10 Å². The molecule has 0 radical (unpaired) electrons. The first-order chi connectivity index (χ1) is 13.5. The number of anilines is 1.